The zero-order chi connectivity index (χ0) is 16.0. The first-order valence-electron chi connectivity index (χ1n) is 8.30. The monoisotopic (exact) mass is 313 g/mol. The van der Waals surface area contributed by atoms with E-state index in [0.29, 0.717) is 11.6 Å². The van der Waals surface area contributed by atoms with Gasteiger partial charge >= 0.3 is 0 Å². The molecule has 1 aromatic carbocycles. The number of aromatic amines is 1. The third-order valence-electron chi connectivity index (χ3n) is 5.25. The van der Waals surface area contributed by atoms with E-state index in [4.69, 9.17) is 0 Å². The van der Waals surface area contributed by atoms with Crippen molar-refractivity contribution in [1.82, 2.24) is 20.4 Å². The second kappa shape index (κ2) is 5.53. The fourth-order valence-corrected chi connectivity index (χ4v) is 3.82. The lowest BCUT2D eigenvalue weighted by Crippen LogP contribution is -2.57. The number of aromatic nitrogens is 2. The molecule has 1 amide bonds. The lowest BCUT2D eigenvalue weighted by Gasteiger charge is -2.44. The second-order valence-corrected chi connectivity index (χ2v) is 6.91. The summed E-state index contributed by atoms with van der Waals surface area (Å²) in [6, 6.07) is 6.27. The number of nitrogens with one attached hydrogen (secondary N) is 2. The minimum atomic E-state index is -0.0640. The molecule has 4 heterocycles. The van der Waals surface area contributed by atoms with Gasteiger partial charge in [0, 0.05) is 37.8 Å². The van der Waals surface area contributed by atoms with E-state index >= 15 is 0 Å². The number of anilines is 1. The molecule has 2 aromatic rings. The molecule has 0 spiro atoms. The number of piperidine rings is 3. The molecule has 2 bridgehead atoms. The maximum absolute atomic E-state index is 12.7. The van der Waals surface area contributed by atoms with Crippen molar-refractivity contribution in [3.05, 3.63) is 23.9 Å². The third-order valence-corrected chi connectivity index (χ3v) is 5.25. The smallest absolute Gasteiger partial charge is 0.272 e. The summed E-state index contributed by atoms with van der Waals surface area (Å²) in [7, 11) is 3.99. The van der Waals surface area contributed by atoms with Crippen molar-refractivity contribution >= 4 is 22.5 Å². The summed E-state index contributed by atoms with van der Waals surface area (Å²) in [5, 5.41) is 11.3. The molecule has 0 aliphatic carbocycles. The number of carbonyl (C=O) groups excluding carboxylic acids is 1. The van der Waals surface area contributed by atoms with Gasteiger partial charge in [-0.2, -0.15) is 5.10 Å². The average Bonchev–Trinajstić information content (AvgIpc) is 2.99. The van der Waals surface area contributed by atoms with E-state index in [-0.39, 0.29) is 11.9 Å². The van der Waals surface area contributed by atoms with Gasteiger partial charge in [0.05, 0.1) is 5.52 Å². The van der Waals surface area contributed by atoms with Crippen LogP contribution >= 0.6 is 0 Å². The van der Waals surface area contributed by atoms with Crippen molar-refractivity contribution in [3.8, 4) is 0 Å². The average molecular weight is 313 g/mol. The number of H-pyrrole nitrogens is 1. The van der Waals surface area contributed by atoms with Gasteiger partial charge in [0.2, 0.25) is 0 Å². The predicted molar refractivity (Wildman–Crippen MR) is 90.8 cm³/mol. The zero-order valence-electron chi connectivity index (χ0n) is 13.7. The molecule has 0 saturated carbocycles. The van der Waals surface area contributed by atoms with Gasteiger partial charge in [0.15, 0.2) is 5.69 Å². The summed E-state index contributed by atoms with van der Waals surface area (Å²) in [5.41, 5.74) is 2.46. The predicted octanol–water partition coefficient (Wildman–Crippen LogP) is 1.45. The van der Waals surface area contributed by atoms with E-state index in [9.17, 15) is 4.79 Å². The first kappa shape index (κ1) is 14.5. The number of rotatable bonds is 3. The van der Waals surface area contributed by atoms with Gasteiger partial charge in [-0.3, -0.25) is 9.89 Å². The van der Waals surface area contributed by atoms with Crippen LogP contribution in [0, 0.1) is 5.92 Å². The standard InChI is InChI=1S/C17H23N5O/c1-21(2)12-3-4-14-13(9-12)16(20-19-14)17(23)18-15-10-22-7-5-11(15)6-8-22/h3-4,9,11,15H,5-8,10H2,1-2H3,(H,18,23)(H,19,20)/t15-/m1/s1. The summed E-state index contributed by atoms with van der Waals surface area (Å²) in [5.74, 6) is 0.553. The van der Waals surface area contributed by atoms with Crippen LogP contribution in [0.3, 0.4) is 0 Å². The van der Waals surface area contributed by atoms with E-state index in [1.165, 1.54) is 25.9 Å². The topological polar surface area (TPSA) is 64.3 Å². The van der Waals surface area contributed by atoms with Gasteiger partial charge in [0.25, 0.3) is 5.91 Å². The summed E-state index contributed by atoms with van der Waals surface area (Å²) in [4.78, 5) is 17.2. The van der Waals surface area contributed by atoms with E-state index in [2.05, 4.69) is 20.4 Å². The Hall–Kier alpha value is -2.08. The molecular weight excluding hydrogens is 290 g/mol. The molecule has 122 valence electrons. The van der Waals surface area contributed by atoms with Crippen LogP contribution in [-0.4, -0.2) is 60.8 Å². The molecule has 1 atom stereocenters. The van der Waals surface area contributed by atoms with Gasteiger partial charge in [0.1, 0.15) is 0 Å². The maximum atomic E-state index is 12.7. The number of amides is 1. The molecule has 6 nitrogen and oxygen atoms in total. The number of hydrogen-bond acceptors (Lipinski definition) is 4. The molecule has 2 N–H and O–H groups in total. The Labute approximate surface area is 135 Å². The molecule has 3 aliphatic heterocycles. The van der Waals surface area contributed by atoms with Crippen LogP contribution in [-0.2, 0) is 0 Å². The number of nitrogens with zero attached hydrogens (tertiary/aromatic N) is 3. The number of fused-ring (bicyclic) bond motifs is 4. The van der Waals surface area contributed by atoms with Gasteiger partial charge in [-0.15, -0.1) is 0 Å². The highest BCUT2D eigenvalue weighted by Gasteiger charge is 2.35. The van der Waals surface area contributed by atoms with Crippen LogP contribution in [0.5, 0.6) is 0 Å². The fraction of sp³-hybridized carbons (Fsp3) is 0.529. The van der Waals surface area contributed by atoms with E-state index in [0.717, 1.165) is 23.1 Å². The molecule has 3 aliphatic rings. The molecule has 3 fully saturated rings. The maximum Gasteiger partial charge on any atom is 0.272 e. The van der Waals surface area contributed by atoms with Crippen molar-refractivity contribution in [2.75, 3.05) is 38.6 Å². The zero-order valence-corrected chi connectivity index (χ0v) is 13.7. The summed E-state index contributed by atoms with van der Waals surface area (Å²) < 4.78 is 0. The molecule has 6 heteroatoms. The van der Waals surface area contributed by atoms with Crippen LogP contribution in [0.4, 0.5) is 5.69 Å². The number of benzene rings is 1. The molecule has 3 saturated heterocycles. The molecule has 1 aromatic heterocycles. The summed E-state index contributed by atoms with van der Waals surface area (Å²) >= 11 is 0. The van der Waals surface area contributed by atoms with Gasteiger partial charge in [-0.25, -0.2) is 0 Å². The highest BCUT2D eigenvalue weighted by Crippen LogP contribution is 2.28. The molecular formula is C17H23N5O. The summed E-state index contributed by atoms with van der Waals surface area (Å²) in [6.07, 6.45) is 2.38. The Kier molecular flexibility index (Phi) is 3.49. The molecule has 0 radical (unpaired) electrons. The van der Waals surface area contributed by atoms with Crippen LogP contribution < -0.4 is 10.2 Å². The lowest BCUT2D eigenvalue weighted by molar-refractivity contribution is 0.0618. The van der Waals surface area contributed by atoms with Crippen molar-refractivity contribution in [3.63, 3.8) is 0 Å². The molecule has 5 rings (SSSR count). The van der Waals surface area contributed by atoms with E-state index in [1.54, 1.807) is 0 Å². The number of carbonyl (C=O) groups is 1. The highest BCUT2D eigenvalue weighted by molar-refractivity contribution is 6.05. The largest absolute Gasteiger partial charge is 0.378 e. The van der Waals surface area contributed by atoms with Crippen molar-refractivity contribution in [2.24, 2.45) is 5.92 Å². The van der Waals surface area contributed by atoms with Crippen LogP contribution in [0.2, 0.25) is 0 Å². The minimum absolute atomic E-state index is 0.0640. The normalized spacial score (nSPS) is 26.4. The first-order valence-corrected chi connectivity index (χ1v) is 8.30. The Morgan fingerprint density at radius 3 is 2.78 bits per heavy atom. The Morgan fingerprint density at radius 2 is 2.13 bits per heavy atom. The first-order chi connectivity index (χ1) is 11.1. The van der Waals surface area contributed by atoms with Gasteiger partial charge in [-0.1, -0.05) is 0 Å². The molecule has 0 unspecified atom stereocenters. The quantitative estimate of drug-likeness (QED) is 0.900. The van der Waals surface area contributed by atoms with Gasteiger partial charge in [-0.05, 0) is 50.0 Å². The Bertz CT molecular complexity index is 730. The fourth-order valence-electron chi connectivity index (χ4n) is 3.82. The highest BCUT2D eigenvalue weighted by atomic mass is 16.2. The summed E-state index contributed by atoms with van der Waals surface area (Å²) in [6.45, 7) is 3.32. The minimum Gasteiger partial charge on any atom is -0.378 e. The van der Waals surface area contributed by atoms with Crippen LogP contribution in [0.15, 0.2) is 18.2 Å². The SMILES string of the molecule is CN(C)c1ccc2[nH]nc(C(=O)N[C@@H]3CN4CCC3CC4)c2c1. The number of hydrogen-bond donors (Lipinski definition) is 2. The Morgan fingerprint density at radius 1 is 1.35 bits per heavy atom. The van der Waals surface area contributed by atoms with Crippen LogP contribution in [0.1, 0.15) is 23.3 Å². The van der Waals surface area contributed by atoms with Crippen molar-refractivity contribution < 1.29 is 4.79 Å². The van der Waals surface area contributed by atoms with Crippen LogP contribution in [0.25, 0.3) is 10.9 Å². The second-order valence-electron chi connectivity index (χ2n) is 6.91. The Balaban J connectivity index is 1.58. The lowest BCUT2D eigenvalue weighted by atomic mass is 9.84. The van der Waals surface area contributed by atoms with E-state index in [1.807, 2.05) is 37.2 Å². The van der Waals surface area contributed by atoms with Crippen molar-refractivity contribution in [2.45, 2.75) is 18.9 Å². The van der Waals surface area contributed by atoms with E-state index < -0.39 is 0 Å². The molecule has 23 heavy (non-hydrogen) atoms. The van der Waals surface area contributed by atoms with Gasteiger partial charge < -0.3 is 15.1 Å². The van der Waals surface area contributed by atoms with Crippen molar-refractivity contribution in [1.29, 1.82) is 0 Å². The third kappa shape index (κ3) is 2.57.